The molecule has 2 rings (SSSR count). The van der Waals surface area contributed by atoms with E-state index in [1.165, 1.54) is 11.3 Å². The van der Waals surface area contributed by atoms with Crippen molar-refractivity contribution in [1.82, 2.24) is 0 Å². The molecule has 1 aromatic rings. The molecule has 0 aromatic heterocycles. The molecule has 13 heavy (non-hydrogen) atoms. The zero-order valence-corrected chi connectivity index (χ0v) is 9.77. The zero-order chi connectivity index (χ0) is 9.64. The normalized spacial score (nSPS) is 23.8. The molecule has 0 fully saturated rings. The lowest BCUT2D eigenvalue weighted by Crippen LogP contribution is -2.30. The first-order valence-corrected chi connectivity index (χ1v) is 5.37. The van der Waals surface area contributed by atoms with Crippen LogP contribution < -0.4 is 5.32 Å². The third-order valence-electron chi connectivity index (χ3n) is 3.02. The summed E-state index contributed by atoms with van der Waals surface area (Å²) in [6, 6.07) is 6.46. The molecule has 0 amide bonds. The minimum atomic E-state index is 0.184. The average Bonchev–Trinajstić information content (AvgIpc) is 2.22. The quantitative estimate of drug-likeness (QED) is 0.728. The first kappa shape index (κ1) is 9.07. The van der Waals surface area contributed by atoms with Crippen LogP contribution in [0, 0.1) is 0 Å². The van der Waals surface area contributed by atoms with E-state index >= 15 is 0 Å². The highest BCUT2D eigenvalue weighted by molar-refractivity contribution is 9.10. The lowest BCUT2D eigenvalue weighted by Gasteiger charge is -2.24. The molecule has 1 heterocycles. The molecule has 1 aromatic carbocycles. The molecule has 1 N–H and O–H groups in total. The van der Waals surface area contributed by atoms with Crippen molar-refractivity contribution in [3.8, 4) is 0 Å². The van der Waals surface area contributed by atoms with Gasteiger partial charge in [0, 0.05) is 21.6 Å². The Morgan fingerprint density at radius 3 is 2.77 bits per heavy atom. The number of hydrogen-bond acceptors (Lipinski definition) is 1. The van der Waals surface area contributed by atoms with Crippen LogP contribution in [-0.2, 0) is 0 Å². The number of benzene rings is 1. The van der Waals surface area contributed by atoms with E-state index in [1.807, 2.05) is 0 Å². The van der Waals surface area contributed by atoms with E-state index in [-0.39, 0.29) is 5.54 Å². The van der Waals surface area contributed by atoms with Gasteiger partial charge in [0.2, 0.25) is 0 Å². The van der Waals surface area contributed by atoms with Gasteiger partial charge >= 0.3 is 0 Å². The molecule has 1 aliphatic heterocycles. The maximum absolute atomic E-state index is 3.53. The van der Waals surface area contributed by atoms with E-state index < -0.39 is 0 Å². The molecule has 1 nitrogen and oxygen atoms in total. The number of halogens is 1. The number of fused-ring (bicyclic) bond motifs is 1. The summed E-state index contributed by atoms with van der Waals surface area (Å²) in [5.41, 5.74) is 2.88. The summed E-state index contributed by atoms with van der Waals surface area (Å²) >= 11 is 3.48. The van der Waals surface area contributed by atoms with Gasteiger partial charge < -0.3 is 5.32 Å². The molecule has 70 valence electrons. The van der Waals surface area contributed by atoms with Gasteiger partial charge in [-0.1, -0.05) is 28.9 Å². The molecule has 0 bridgehead atoms. The Morgan fingerprint density at radius 1 is 1.38 bits per heavy atom. The smallest absolute Gasteiger partial charge is 0.0391 e. The summed E-state index contributed by atoms with van der Waals surface area (Å²) in [6.07, 6.45) is 0. The Bertz CT molecular complexity index is 344. The van der Waals surface area contributed by atoms with Gasteiger partial charge in [0.05, 0.1) is 0 Å². The molecular formula is C11H14BrN. The topological polar surface area (TPSA) is 12.0 Å². The first-order chi connectivity index (χ1) is 6.00. The monoisotopic (exact) mass is 239 g/mol. The van der Waals surface area contributed by atoms with Gasteiger partial charge in [0.25, 0.3) is 0 Å². The summed E-state index contributed by atoms with van der Waals surface area (Å²) in [5, 5.41) is 3.53. The standard InChI is InChI=1S/C11H14BrN/c1-7-9-5-4-8(12)6-10(9)13-11(7,2)3/h4-7,13H,1-3H3. The Hall–Kier alpha value is -0.500. The summed E-state index contributed by atoms with van der Waals surface area (Å²) in [6.45, 7) is 6.75. The van der Waals surface area contributed by atoms with Gasteiger partial charge in [-0.05, 0) is 31.5 Å². The van der Waals surface area contributed by atoms with Crippen LogP contribution in [0.15, 0.2) is 22.7 Å². The molecular weight excluding hydrogens is 226 g/mol. The van der Waals surface area contributed by atoms with Gasteiger partial charge in [-0.2, -0.15) is 0 Å². The second-order valence-electron chi connectivity index (χ2n) is 4.30. The van der Waals surface area contributed by atoms with Crippen LogP contribution >= 0.6 is 15.9 Å². The van der Waals surface area contributed by atoms with Crippen molar-refractivity contribution in [2.24, 2.45) is 0 Å². The molecule has 0 saturated carbocycles. The largest absolute Gasteiger partial charge is 0.379 e. The van der Waals surface area contributed by atoms with E-state index in [0.29, 0.717) is 5.92 Å². The van der Waals surface area contributed by atoms with Crippen molar-refractivity contribution < 1.29 is 0 Å². The fourth-order valence-electron chi connectivity index (χ4n) is 1.86. The second-order valence-corrected chi connectivity index (χ2v) is 5.22. The molecule has 0 aliphatic carbocycles. The predicted molar refractivity (Wildman–Crippen MR) is 60.3 cm³/mol. The fourth-order valence-corrected chi connectivity index (χ4v) is 2.22. The summed E-state index contributed by atoms with van der Waals surface area (Å²) in [7, 11) is 0. The summed E-state index contributed by atoms with van der Waals surface area (Å²) in [5.74, 6) is 0.579. The van der Waals surface area contributed by atoms with Crippen molar-refractivity contribution in [2.45, 2.75) is 32.2 Å². The van der Waals surface area contributed by atoms with Crippen LogP contribution in [-0.4, -0.2) is 5.54 Å². The number of hydrogen-bond donors (Lipinski definition) is 1. The van der Waals surface area contributed by atoms with Gasteiger partial charge in [0.1, 0.15) is 0 Å². The molecule has 2 heteroatoms. The van der Waals surface area contributed by atoms with Crippen LogP contribution in [0.3, 0.4) is 0 Å². The van der Waals surface area contributed by atoms with E-state index in [0.717, 1.165) is 4.47 Å². The first-order valence-electron chi connectivity index (χ1n) is 4.58. The molecule has 0 saturated heterocycles. The second kappa shape index (κ2) is 2.74. The van der Waals surface area contributed by atoms with E-state index in [9.17, 15) is 0 Å². The lowest BCUT2D eigenvalue weighted by atomic mass is 9.88. The zero-order valence-electron chi connectivity index (χ0n) is 8.19. The van der Waals surface area contributed by atoms with E-state index in [1.54, 1.807) is 0 Å². The maximum Gasteiger partial charge on any atom is 0.0391 e. The van der Waals surface area contributed by atoms with Crippen molar-refractivity contribution >= 4 is 21.6 Å². The number of nitrogens with one attached hydrogen (secondary N) is 1. The number of rotatable bonds is 0. The van der Waals surface area contributed by atoms with Gasteiger partial charge in [-0.15, -0.1) is 0 Å². The Kier molecular flexibility index (Phi) is 1.91. The highest BCUT2D eigenvalue weighted by Crippen LogP contribution is 2.42. The fraction of sp³-hybridized carbons (Fsp3) is 0.455. The third kappa shape index (κ3) is 1.37. The van der Waals surface area contributed by atoms with E-state index in [4.69, 9.17) is 0 Å². The molecule has 1 aliphatic rings. The molecule has 1 unspecified atom stereocenters. The third-order valence-corrected chi connectivity index (χ3v) is 3.51. The lowest BCUT2D eigenvalue weighted by molar-refractivity contribution is 0.503. The van der Waals surface area contributed by atoms with E-state index in [2.05, 4.69) is 60.2 Å². The minimum Gasteiger partial charge on any atom is -0.379 e. The Morgan fingerprint density at radius 2 is 2.08 bits per heavy atom. The SMILES string of the molecule is CC1c2ccc(Br)cc2NC1(C)C. The predicted octanol–water partition coefficient (Wildman–Crippen LogP) is 3.76. The van der Waals surface area contributed by atoms with Gasteiger partial charge in [-0.3, -0.25) is 0 Å². The number of anilines is 1. The molecule has 0 radical (unpaired) electrons. The van der Waals surface area contributed by atoms with Crippen molar-refractivity contribution in [3.05, 3.63) is 28.2 Å². The Labute approximate surface area is 87.7 Å². The van der Waals surface area contributed by atoms with Crippen molar-refractivity contribution in [1.29, 1.82) is 0 Å². The van der Waals surface area contributed by atoms with Gasteiger partial charge in [0.15, 0.2) is 0 Å². The highest BCUT2D eigenvalue weighted by atomic mass is 79.9. The summed E-state index contributed by atoms with van der Waals surface area (Å²) in [4.78, 5) is 0. The van der Waals surface area contributed by atoms with Crippen LogP contribution in [0.2, 0.25) is 0 Å². The highest BCUT2D eigenvalue weighted by Gasteiger charge is 2.34. The van der Waals surface area contributed by atoms with Crippen molar-refractivity contribution in [3.63, 3.8) is 0 Å². The van der Waals surface area contributed by atoms with Crippen LogP contribution in [0.5, 0.6) is 0 Å². The summed E-state index contributed by atoms with van der Waals surface area (Å²) < 4.78 is 1.14. The molecule has 1 atom stereocenters. The van der Waals surface area contributed by atoms with Crippen LogP contribution in [0.4, 0.5) is 5.69 Å². The Balaban J connectivity index is 2.50. The maximum atomic E-state index is 3.53. The van der Waals surface area contributed by atoms with Crippen molar-refractivity contribution in [2.75, 3.05) is 5.32 Å². The van der Waals surface area contributed by atoms with Crippen LogP contribution in [0.1, 0.15) is 32.3 Å². The average molecular weight is 240 g/mol. The van der Waals surface area contributed by atoms with Gasteiger partial charge in [-0.25, -0.2) is 0 Å². The minimum absolute atomic E-state index is 0.184. The molecule has 0 spiro atoms. The van der Waals surface area contributed by atoms with Crippen LogP contribution in [0.25, 0.3) is 0 Å².